The number of piperidine rings is 1. The van der Waals surface area contributed by atoms with Crippen molar-refractivity contribution in [2.45, 2.75) is 26.3 Å². The van der Waals surface area contributed by atoms with Crippen LogP contribution in [0.4, 0.5) is 5.69 Å². The molecular weight excluding hydrogens is 356 g/mol. The molecule has 0 bridgehead atoms. The molecule has 3 amide bonds. The van der Waals surface area contributed by atoms with Crippen molar-refractivity contribution in [3.05, 3.63) is 59.9 Å². The Hall–Kier alpha value is -3.22. The van der Waals surface area contributed by atoms with Crippen LogP contribution < -0.4 is 11.1 Å². The molecule has 7 nitrogen and oxygen atoms in total. The fourth-order valence-electron chi connectivity index (χ4n) is 3.50. The van der Waals surface area contributed by atoms with Gasteiger partial charge in [-0.05, 0) is 29.9 Å². The van der Waals surface area contributed by atoms with E-state index in [-0.39, 0.29) is 23.2 Å². The van der Waals surface area contributed by atoms with E-state index < -0.39 is 17.7 Å². The highest BCUT2D eigenvalue weighted by molar-refractivity contribution is 6.39. The van der Waals surface area contributed by atoms with E-state index in [2.05, 4.69) is 24.1 Å². The maximum Gasteiger partial charge on any atom is 0.313 e. The molecule has 1 aliphatic rings. The lowest BCUT2D eigenvalue weighted by Crippen LogP contribution is -2.48. The molecule has 28 heavy (non-hydrogen) atoms. The van der Waals surface area contributed by atoms with Crippen LogP contribution in [0.5, 0.6) is 0 Å². The summed E-state index contributed by atoms with van der Waals surface area (Å²) in [4.78, 5) is 42.4. The number of nitrogens with one attached hydrogen (secondary N) is 1. The molecule has 2 heterocycles. The minimum Gasteiger partial charge on any atom is -0.366 e. The Labute approximate surface area is 163 Å². The summed E-state index contributed by atoms with van der Waals surface area (Å²) >= 11 is 0. The van der Waals surface area contributed by atoms with Crippen LogP contribution in [0.3, 0.4) is 0 Å². The minimum absolute atomic E-state index is 0.152. The maximum absolute atomic E-state index is 13.0. The molecule has 0 radical (unpaired) electrons. The summed E-state index contributed by atoms with van der Waals surface area (Å²) in [7, 11) is 0. The van der Waals surface area contributed by atoms with E-state index in [1.54, 1.807) is 4.90 Å². The third-order valence-corrected chi connectivity index (χ3v) is 5.35. The van der Waals surface area contributed by atoms with E-state index in [0.29, 0.717) is 12.5 Å². The average molecular weight is 380 g/mol. The molecule has 0 aliphatic carbocycles. The zero-order valence-electron chi connectivity index (χ0n) is 16.0. The van der Waals surface area contributed by atoms with Gasteiger partial charge in [0.15, 0.2) is 0 Å². The molecule has 1 aromatic heterocycles. The van der Waals surface area contributed by atoms with Crippen LogP contribution in [0.1, 0.15) is 42.2 Å². The molecule has 1 saturated heterocycles. The van der Waals surface area contributed by atoms with Crippen LogP contribution in [0, 0.1) is 11.8 Å². The molecule has 3 rings (SSSR count). The number of primary amides is 1. The average Bonchev–Trinajstić information content (AvgIpc) is 2.70. The van der Waals surface area contributed by atoms with E-state index in [1.165, 1.54) is 18.5 Å². The third-order valence-electron chi connectivity index (χ3n) is 5.35. The van der Waals surface area contributed by atoms with Gasteiger partial charge in [0.1, 0.15) is 0 Å². The van der Waals surface area contributed by atoms with Crippen molar-refractivity contribution in [3.63, 3.8) is 0 Å². The van der Waals surface area contributed by atoms with E-state index in [0.717, 1.165) is 12.0 Å². The second kappa shape index (κ2) is 8.21. The Morgan fingerprint density at radius 2 is 1.82 bits per heavy atom. The van der Waals surface area contributed by atoms with Crippen LogP contribution >= 0.6 is 0 Å². The van der Waals surface area contributed by atoms with Gasteiger partial charge in [-0.3, -0.25) is 19.4 Å². The van der Waals surface area contributed by atoms with E-state index in [9.17, 15) is 14.4 Å². The fraction of sp³-hybridized carbons (Fsp3) is 0.333. The molecule has 3 atom stereocenters. The zero-order chi connectivity index (χ0) is 20.3. The van der Waals surface area contributed by atoms with Gasteiger partial charge in [-0.1, -0.05) is 44.2 Å². The largest absolute Gasteiger partial charge is 0.366 e. The highest BCUT2D eigenvalue weighted by Crippen LogP contribution is 2.36. The first-order valence-electron chi connectivity index (χ1n) is 9.28. The van der Waals surface area contributed by atoms with Crippen molar-refractivity contribution in [3.8, 4) is 0 Å². The number of hydrogen-bond donors (Lipinski definition) is 2. The minimum atomic E-state index is -0.758. The molecule has 0 unspecified atom stereocenters. The van der Waals surface area contributed by atoms with E-state index in [4.69, 9.17) is 5.73 Å². The van der Waals surface area contributed by atoms with Crippen molar-refractivity contribution in [1.29, 1.82) is 0 Å². The lowest BCUT2D eigenvalue weighted by molar-refractivity contribution is -0.147. The summed E-state index contributed by atoms with van der Waals surface area (Å²) in [5, 5.41) is 2.53. The van der Waals surface area contributed by atoms with Gasteiger partial charge in [-0.2, -0.15) is 0 Å². The van der Waals surface area contributed by atoms with Gasteiger partial charge in [0.25, 0.3) is 0 Å². The van der Waals surface area contributed by atoms with Crippen LogP contribution in [0.25, 0.3) is 0 Å². The number of benzene rings is 1. The quantitative estimate of drug-likeness (QED) is 0.797. The predicted octanol–water partition coefficient (Wildman–Crippen LogP) is 2.36. The number of amides is 3. The third kappa shape index (κ3) is 4.19. The maximum atomic E-state index is 13.0. The van der Waals surface area contributed by atoms with Gasteiger partial charge < -0.3 is 16.0 Å². The first-order valence-corrected chi connectivity index (χ1v) is 9.28. The lowest BCUT2D eigenvalue weighted by atomic mass is 9.82. The SMILES string of the molecule is C[C@@H]1C[C@H](c2ccccc2)N(C(=O)C(=O)Nc2cncc(C(N)=O)c2)C[C@H]1C. The Balaban J connectivity index is 1.80. The lowest BCUT2D eigenvalue weighted by Gasteiger charge is -2.42. The Bertz CT molecular complexity index is 884. The molecule has 2 aromatic rings. The number of pyridine rings is 1. The van der Waals surface area contributed by atoms with Crippen molar-refractivity contribution in [2.75, 3.05) is 11.9 Å². The number of carbonyl (C=O) groups is 3. The van der Waals surface area contributed by atoms with Crippen LogP contribution in [0.15, 0.2) is 48.8 Å². The summed E-state index contributed by atoms with van der Waals surface area (Å²) in [5.74, 6) is -1.29. The number of nitrogens with zero attached hydrogens (tertiary/aromatic N) is 2. The first kappa shape index (κ1) is 19.5. The standard InChI is InChI=1S/C21H24N4O3/c1-13-8-18(15-6-4-3-5-7-15)25(12-14(13)2)21(28)20(27)24-17-9-16(19(22)26)10-23-11-17/h3-7,9-11,13-14,18H,8,12H2,1-2H3,(H2,22,26)(H,24,27)/t13-,14-,18-/m1/s1. The number of likely N-dealkylation sites (tertiary alicyclic amines) is 1. The first-order chi connectivity index (χ1) is 13.4. The number of rotatable bonds is 3. The zero-order valence-corrected chi connectivity index (χ0v) is 16.0. The van der Waals surface area contributed by atoms with Crippen molar-refractivity contribution < 1.29 is 14.4 Å². The molecule has 7 heteroatoms. The Morgan fingerprint density at radius 1 is 1.11 bits per heavy atom. The summed E-state index contributed by atoms with van der Waals surface area (Å²) in [6.07, 6.45) is 3.47. The highest BCUT2D eigenvalue weighted by Gasteiger charge is 2.37. The van der Waals surface area contributed by atoms with Gasteiger partial charge in [0.2, 0.25) is 5.91 Å². The number of carbonyl (C=O) groups excluding carboxylic acids is 3. The normalized spacial score (nSPS) is 21.8. The smallest absolute Gasteiger partial charge is 0.313 e. The van der Waals surface area contributed by atoms with Crippen molar-refractivity contribution in [2.24, 2.45) is 17.6 Å². The van der Waals surface area contributed by atoms with Gasteiger partial charge >= 0.3 is 11.8 Å². The topological polar surface area (TPSA) is 105 Å². The number of hydrogen-bond acceptors (Lipinski definition) is 4. The number of nitrogens with two attached hydrogens (primary N) is 1. The van der Waals surface area contributed by atoms with Crippen LogP contribution in [0.2, 0.25) is 0 Å². The molecular formula is C21H24N4O3. The van der Waals surface area contributed by atoms with Gasteiger partial charge in [-0.25, -0.2) is 0 Å². The molecule has 1 aliphatic heterocycles. The summed E-state index contributed by atoms with van der Waals surface area (Å²) < 4.78 is 0. The molecule has 0 spiro atoms. The second-order valence-electron chi connectivity index (χ2n) is 7.35. The molecule has 1 fully saturated rings. The number of anilines is 1. The molecule has 146 valence electrons. The molecule has 0 saturated carbocycles. The number of aromatic nitrogens is 1. The second-order valence-corrected chi connectivity index (χ2v) is 7.35. The summed E-state index contributed by atoms with van der Waals surface area (Å²) in [5.41, 5.74) is 6.66. The Morgan fingerprint density at radius 3 is 2.50 bits per heavy atom. The van der Waals surface area contributed by atoms with Gasteiger partial charge in [0.05, 0.1) is 23.5 Å². The van der Waals surface area contributed by atoms with Crippen molar-refractivity contribution in [1.82, 2.24) is 9.88 Å². The summed E-state index contributed by atoms with van der Waals surface area (Å²) in [6.45, 7) is 4.76. The van der Waals surface area contributed by atoms with Gasteiger partial charge in [0, 0.05) is 12.7 Å². The molecule has 1 aromatic carbocycles. The highest BCUT2D eigenvalue weighted by atomic mass is 16.2. The van der Waals surface area contributed by atoms with Gasteiger partial charge in [-0.15, -0.1) is 0 Å². The van der Waals surface area contributed by atoms with Crippen LogP contribution in [-0.4, -0.2) is 34.2 Å². The summed E-state index contributed by atoms with van der Waals surface area (Å²) in [6, 6.07) is 11.0. The van der Waals surface area contributed by atoms with E-state index in [1.807, 2.05) is 30.3 Å². The molecule has 3 N–H and O–H groups in total. The van der Waals surface area contributed by atoms with Crippen LogP contribution in [-0.2, 0) is 9.59 Å². The van der Waals surface area contributed by atoms with E-state index >= 15 is 0 Å². The monoisotopic (exact) mass is 380 g/mol. The predicted molar refractivity (Wildman–Crippen MR) is 105 cm³/mol. The fourth-order valence-corrected chi connectivity index (χ4v) is 3.50. The Kier molecular flexibility index (Phi) is 5.73. The van der Waals surface area contributed by atoms with Crippen molar-refractivity contribution >= 4 is 23.4 Å².